The zero-order valence-corrected chi connectivity index (χ0v) is 15.3. The van der Waals surface area contributed by atoms with Crippen LogP contribution in [0.25, 0.3) is 11.1 Å². The van der Waals surface area contributed by atoms with E-state index in [-0.39, 0.29) is 5.78 Å². The second kappa shape index (κ2) is 7.16. The molecule has 2 aromatic carbocycles. The predicted octanol–water partition coefficient (Wildman–Crippen LogP) is 5.31. The summed E-state index contributed by atoms with van der Waals surface area (Å²) in [5.74, 6) is 0.183. The third-order valence-electron chi connectivity index (χ3n) is 4.12. The second-order valence-electron chi connectivity index (χ2n) is 7.35. The van der Waals surface area contributed by atoms with Crippen molar-refractivity contribution in [2.24, 2.45) is 0 Å². The van der Waals surface area contributed by atoms with Crippen molar-refractivity contribution in [1.29, 1.82) is 0 Å². The van der Waals surface area contributed by atoms with E-state index in [2.05, 4.69) is 5.32 Å². The predicted molar refractivity (Wildman–Crippen MR) is 104 cm³/mol. The van der Waals surface area contributed by atoms with E-state index < -0.39 is 11.7 Å². The fraction of sp³-hybridized carbons (Fsp3) is 0.273. The quantitative estimate of drug-likeness (QED) is 0.817. The van der Waals surface area contributed by atoms with Crippen molar-refractivity contribution in [3.05, 3.63) is 65.7 Å². The van der Waals surface area contributed by atoms with Crippen LogP contribution in [-0.2, 0) is 9.53 Å². The van der Waals surface area contributed by atoms with Crippen molar-refractivity contribution in [3.8, 4) is 0 Å². The van der Waals surface area contributed by atoms with Crippen LogP contribution < -0.4 is 5.32 Å². The fourth-order valence-electron chi connectivity index (χ4n) is 3.06. The highest BCUT2D eigenvalue weighted by Gasteiger charge is 2.25. The van der Waals surface area contributed by atoms with Gasteiger partial charge in [-0.3, -0.25) is 10.1 Å². The number of allylic oxidation sites excluding steroid dienone is 2. The van der Waals surface area contributed by atoms with Gasteiger partial charge in [-0.15, -0.1) is 0 Å². The minimum absolute atomic E-state index is 0.183. The lowest BCUT2D eigenvalue weighted by Crippen LogP contribution is -2.27. The Morgan fingerprint density at radius 3 is 2.19 bits per heavy atom. The summed E-state index contributed by atoms with van der Waals surface area (Å²) in [6, 6.07) is 17.3. The minimum atomic E-state index is -0.538. The molecule has 0 radical (unpaired) electrons. The molecule has 1 aliphatic carbocycles. The molecule has 0 aromatic heterocycles. The number of hydrogen-bond donors (Lipinski definition) is 1. The van der Waals surface area contributed by atoms with E-state index in [4.69, 9.17) is 4.74 Å². The van der Waals surface area contributed by atoms with E-state index in [1.807, 2.05) is 75.4 Å². The first-order valence-electron chi connectivity index (χ1n) is 8.76. The number of nitrogens with one attached hydrogen (secondary N) is 1. The molecule has 2 aromatic rings. The van der Waals surface area contributed by atoms with Crippen molar-refractivity contribution >= 4 is 28.7 Å². The van der Waals surface area contributed by atoms with Gasteiger partial charge in [-0.2, -0.15) is 0 Å². The van der Waals surface area contributed by atoms with Gasteiger partial charge in [-0.1, -0.05) is 42.5 Å². The number of carbonyl (C=O) groups is 2. The molecule has 0 fully saturated rings. The normalized spacial score (nSPS) is 14.5. The van der Waals surface area contributed by atoms with Crippen LogP contribution in [-0.4, -0.2) is 17.5 Å². The molecular formula is C22H23NO3. The van der Waals surface area contributed by atoms with Crippen molar-refractivity contribution in [2.45, 2.75) is 39.2 Å². The van der Waals surface area contributed by atoms with E-state index in [1.54, 1.807) is 0 Å². The number of amides is 1. The molecule has 0 atom stereocenters. The van der Waals surface area contributed by atoms with Gasteiger partial charge in [0.15, 0.2) is 5.78 Å². The second-order valence-corrected chi connectivity index (χ2v) is 7.35. The van der Waals surface area contributed by atoms with Crippen LogP contribution in [0.5, 0.6) is 0 Å². The highest BCUT2D eigenvalue weighted by Crippen LogP contribution is 2.37. The molecule has 134 valence electrons. The summed E-state index contributed by atoms with van der Waals surface area (Å²) in [5, 5.41) is 2.72. The van der Waals surface area contributed by atoms with E-state index in [0.29, 0.717) is 12.1 Å². The molecule has 0 heterocycles. The van der Waals surface area contributed by atoms with Crippen LogP contribution in [0.3, 0.4) is 0 Å². The Bertz CT molecular complexity index is 843. The average Bonchev–Trinajstić information content (AvgIpc) is 2.96. The van der Waals surface area contributed by atoms with Crippen molar-refractivity contribution in [1.82, 2.24) is 0 Å². The van der Waals surface area contributed by atoms with Gasteiger partial charge >= 0.3 is 6.09 Å². The Balaban J connectivity index is 1.83. The van der Waals surface area contributed by atoms with Crippen molar-refractivity contribution in [2.75, 3.05) is 5.32 Å². The molecule has 4 nitrogen and oxygen atoms in total. The Hall–Kier alpha value is -2.88. The molecule has 1 N–H and O–H groups in total. The number of rotatable bonds is 3. The first-order valence-corrected chi connectivity index (χ1v) is 8.76. The minimum Gasteiger partial charge on any atom is -0.444 e. The summed E-state index contributed by atoms with van der Waals surface area (Å²) in [4.78, 5) is 24.2. The highest BCUT2D eigenvalue weighted by molar-refractivity contribution is 6.31. The van der Waals surface area contributed by atoms with Gasteiger partial charge in [0, 0.05) is 17.7 Å². The highest BCUT2D eigenvalue weighted by atomic mass is 16.6. The number of ether oxygens (including phenoxy) is 1. The molecule has 0 saturated carbocycles. The molecule has 1 amide bonds. The summed E-state index contributed by atoms with van der Waals surface area (Å²) >= 11 is 0. The molecule has 0 bridgehead atoms. The Morgan fingerprint density at radius 1 is 0.923 bits per heavy atom. The van der Waals surface area contributed by atoms with E-state index >= 15 is 0 Å². The standard InChI is InChI=1S/C22H23NO3/c1-22(2,3)26-21(25)23-17-11-9-15(10-12-17)18-13-14-19(24)20(18)16-7-5-4-6-8-16/h4-12H,13-14H2,1-3H3,(H,23,25). The molecule has 0 spiro atoms. The van der Waals surface area contributed by atoms with Gasteiger partial charge in [0.25, 0.3) is 0 Å². The van der Waals surface area contributed by atoms with Crippen LogP contribution in [0.15, 0.2) is 54.6 Å². The lowest BCUT2D eigenvalue weighted by atomic mass is 9.96. The monoisotopic (exact) mass is 349 g/mol. The summed E-state index contributed by atoms with van der Waals surface area (Å²) < 4.78 is 5.26. The summed E-state index contributed by atoms with van der Waals surface area (Å²) in [7, 11) is 0. The summed E-state index contributed by atoms with van der Waals surface area (Å²) in [5.41, 5.74) is 3.95. The maximum Gasteiger partial charge on any atom is 0.412 e. The zero-order valence-electron chi connectivity index (χ0n) is 15.3. The first kappa shape index (κ1) is 17.9. The molecule has 0 saturated heterocycles. The van der Waals surface area contributed by atoms with E-state index in [0.717, 1.165) is 28.7 Å². The lowest BCUT2D eigenvalue weighted by molar-refractivity contribution is -0.113. The van der Waals surface area contributed by atoms with Gasteiger partial charge in [0.05, 0.1) is 0 Å². The zero-order chi connectivity index (χ0) is 18.7. The fourth-order valence-corrected chi connectivity index (χ4v) is 3.06. The topological polar surface area (TPSA) is 55.4 Å². The Labute approximate surface area is 153 Å². The molecule has 1 aliphatic rings. The van der Waals surface area contributed by atoms with Crippen LogP contribution in [0.2, 0.25) is 0 Å². The third-order valence-corrected chi connectivity index (χ3v) is 4.12. The van der Waals surface area contributed by atoms with Crippen LogP contribution >= 0.6 is 0 Å². The lowest BCUT2D eigenvalue weighted by Gasteiger charge is -2.19. The van der Waals surface area contributed by atoms with E-state index in [9.17, 15) is 9.59 Å². The number of hydrogen-bond acceptors (Lipinski definition) is 3. The van der Waals surface area contributed by atoms with Crippen LogP contribution in [0.4, 0.5) is 10.5 Å². The Kier molecular flexibility index (Phi) is 4.94. The smallest absolute Gasteiger partial charge is 0.412 e. The molecule has 4 heteroatoms. The van der Waals surface area contributed by atoms with Crippen molar-refractivity contribution < 1.29 is 14.3 Å². The number of ketones is 1. The molecule has 0 unspecified atom stereocenters. The van der Waals surface area contributed by atoms with Crippen LogP contribution in [0.1, 0.15) is 44.7 Å². The summed E-state index contributed by atoms with van der Waals surface area (Å²) in [6.45, 7) is 5.47. The van der Waals surface area contributed by atoms with Gasteiger partial charge < -0.3 is 4.74 Å². The molecular weight excluding hydrogens is 326 g/mol. The van der Waals surface area contributed by atoms with Crippen LogP contribution in [0, 0.1) is 0 Å². The maximum atomic E-state index is 12.4. The maximum absolute atomic E-state index is 12.4. The van der Waals surface area contributed by atoms with Crippen molar-refractivity contribution in [3.63, 3.8) is 0 Å². The largest absolute Gasteiger partial charge is 0.444 e. The van der Waals surface area contributed by atoms with Gasteiger partial charge in [0.2, 0.25) is 0 Å². The SMILES string of the molecule is CC(C)(C)OC(=O)Nc1ccc(C2=C(c3ccccc3)C(=O)CC2)cc1. The average molecular weight is 349 g/mol. The molecule has 26 heavy (non-hydrogen) atoms. The van der Waals surface area contributed by atoms with Gasteiger partial charge in [-0.25, -0.2) is 4.79 Å². The number of Topliss-reactive ketones (excluding diaryl/α,β-unsaturated/α-hetero) is 1. The van der Waals surface area contributed by atoms with Gasteiger partial charge in [-0.05, 0) is 56.0 Å². The Morgan fingerprint density at radius 2 is 1.58 bits per heavy atom. The molecule has 3 rings (SSSR count). The number of benzene rings is 2. The van der Waals surface area contributed by atoms with Gasteiger partial charge in [0.1, 0.15) is 5.60 Å². The van der Waals surface area contributed by atoms with E-state index in [1.165, 1.54) is 0 Å². The number of anilines is 1. The third kappa shape index (κ3) is 4.20. The molecule has 0 aliphatic heterocycles. The summed E-state index contributed by atoms with van der Waals surface area (Å²) in [6.07, 6.45) is 0.796. The first-order chi connectivity index (χ1) is 12.3. The number of carbonyl (C=O) groups excluding carboxylic acids is 2.